The summed E-state index contributed by atoms with van der Waals surface area (Å²) in [6, 6.07) is 12.2. The summed E-state index contributed by atoms with van der Waals surface area (Å²) in [5.41, 5.74) is 10.9. The van der Waals surface area contributed by atoms with E-state index in [0.717, 1.165) is 4.90 Å². The average molecular weight is 346 g/mol. The van der Waals surface area contributed by atoms with E-state index in [9.17, 15) is 19.7 Å². The van der Waals surface area contributed by atoms with Crippen LogP contribution in [0.2, 0.25) is 0 Å². The molecule has 0 heterocycles. The quantitative estimate of drug-likeness (QED) is 0.327. The fourth-order valence-electron chi connectivity index (χ4n) is 1.72. The molecule has 24 heavy (non-hydrogen) atoms. The van der Waals surface area contributed by atoms with Gasteiger partial charge in [-0.1, -0.05) is 12.1 Å². The van der Waals surface area contributed by atoms with Crippen LogP contribution in [0.15, 0.2) is 53.4 Å². The predicted octanol–water partition coefficient (Wildman–Crippen LogP) is 1.73. The summed E-state index contributed by atoms with van der Waals surface area (Å²) in [5.74, 6) is -0.893. The van der Waals surface area contributed by atoms with Crippen LogP contribution in [0.1, 0.15) is 10.4 Å². The number of nitrogens with one attached hydrogen (secondary N) is 2. The van der Waals surface area contributed by atoms with Crippen molar-refractivity contribution < 1.29 is 14.5 Å². The van der Waals surface area contributed by atoms with Crippen molar-refractivity contribution >= 4 is 35.0 Å². The first kappa shape index (κ1) is 17.3. The Kier molecular flexibility index (Phi) is 5.74. The lowest BCUT2D eigenvalue weighted by Gasteiger charge is -2.08. The molecule has 0 bridgehead atoms. The van der Waals surface area contributed by atoms with Gasteiger partial charge in [-0.2, -0.15) is 0 Å². The van der Waals surface area contributed by atoms with E-state index in [1.54, 1.807) is 18.2 Å². The molecule has 0 atom stereocenters. The Balaban J connectivity index is 1.81. The molecule has 0 spiro atoms. The number of thioether (sulfide) groups is 1. The highest BCUT2D eigenvalue weighted by molar-refractivity contribution is 8.00. The Labute approximate surface area is 141 Å². The Hall–Kier alpha value is -3.07. The second kappa shape index (κ2) is 7.97. The molecular weight excluding hydrogens is 332 g/mol. The number of nitrogens with two attached hydrogens (primary N) is 1. The van der Waals surface area contributed by atoms with Crippen LogP contribution in [0.3, 0.4) is 0 Å². The van der Waals surface area contributed by atoms with Crippen molar-refractivity contribution in [3.05, 3.63) is 64.2 Å². The number of nitro groups is 1. The minimum Gasteiger partial charge on any atom is -0.398 e. The molecule has 2 rings (SSSR count). The summed E-state index contributed by atoms with van der Waals surface area (Å²) in [6.07, 6.45) is 0. The van der Waals surface area contributed by atoms with Crippen molar-refractivity contribution in [1.82, 2.24) is 10.9 Å². The average Bonchev–Trinajstić information content (AvgIpc) is 2.59. The molecule has 0 aliphatic rings. The van der Waals surface area contributed by atoms with Gasteiger partial charge in [-0.3, -0.25) is 30.6 Å². The number of nitro benzene ring substituents is 1. The molecule has 8 nitrogen and oxygen atoms in total. The topological polar surface area (TPSA) is 127 Å². The summed E-state index contributed by atoms with van der Waals surface area (Å²) in [4.78, 5) is 34.3. The molecule has 0 aliphatic heterocycles. The zero-order valence-corrected chi connectivity index (χ0v) is 13.2. The molecular formula is C15H14N4O4S. The first-order valence-electron chi connectivity index (χ1n) is 6.78. The molecule has 0 fully saturated rings. The number of non-ortho nitro benzene ring substituents is 1. The highest BCUT2D eigenvalue weighted by atomic mass is 32.2. The van der Waals surface area contributed by atoms with Crippen molar-refractivity contribution in [1.29, 1.82) is 0 Å². The fraction of sp³-hybridized carbons (Fsp3) is 0.0667. The van der Waals surface area contributed by atoms with Gasteiger partial charge in [0.15, 0.2) is 0 Å². The molecule has 0 unspecified atom stereocenters. The third kappa shape index (κ3) is 4.71. The number of carbonyl (C=O) groups excluding carboxylic acids is 2. The summed E-state index contributed by atoms with van der Waals surface area (Å²) in [6.45, 7) is 0. The zero-order valence-electron chi connectivity index (χ0n) is 12.4. The van der Waals surface area contributed by atoms with Gasteiger partial charge in [-0.15, -0.1) is 11.8 Å². The first-order chi connectivity index (χ1) is 11.5. The number of hydrogen-bond acceptors (Lipinski definition) is 6. The van der Waals surface area contributed by atoms with E-state index >= 15 is 0 Å². The van der Waals surface area contributed by atoms with Gasteiger partial charge < -0.3 is 5.73 Å². The number of carbonyl (C=O) groups is 2. The standard InChI is InChI=1S/C15H14N4O4S/c16-12-3-1-2-4-13(12)24-9-14(20)17-18-15(21)10-5-7-11(8-6-10)19(22)23/h1-8H,9,16H2,(H,17,20)(H,18,21). The maximum Gasteiger partial charge on any atom is 0.269 e. The number of nitrogen functional groups attached to an aromatic ring is 1. The van der Waals surface area contributed by atoms with Gasteiger partial charge in [-0.05, 0) is 24.3 Å². The van der Waals surface area contributed by atoms with Gasteiger partial charge in [-0.25, -0.2) is 0 Å². The number of anilines is 1. The summed E-state index contributed by atoms with van der Waals surface area (Å²) < 4.78 is 0. The van der Waals surface area contributed by atoms with E-state index in [4.69, 9.17) is 5.73 Å². The van der Waals surface area contributed by atoms with Crippen molar-refractivity contribution in [2.45, 2.75) is 4.90 Å². The van der Waals surface area contributed by atoms with Crippen molar-refractivity contribution in [2.75, 3.05) is 11.5 Å². The molecule has 9 heteroatoms. The second-order valence-corrected chi connectivity index (χ2v) is 5.65. The highest BCUT2D eigenvalue weighted by Gasteiger charge is 2.11. The van der Waals surface area contributed by atoms with Gasteiger partial charge in [0.2, 0.25) is 5.91 Å². The predicted molar refractivity (Wildman–Crippen MR) is 90.3 cm³/mol. The minimum atomic E-state index is -0.567. The number of nitrogens with zero attached hydrogens (tertiary/aromatic N) is 1. The third-order valence-electron chi connectivity index (χ3n) is 2.93. The SMILES string of the molecule is Nc1ccccc1SCC(=O)NNC(=O)c1ccc([N+](=O)[O-])cc1. The Morgan fingerprint density at radius 1 is 1.08 bits per heavy atom. The van der Waals surface area contributed by atoms with Crippen LogP contribution in [0.5, 0.6) is 0 Å². The van der Waals surface area contributed by atoms with Gasteiger partial charge in [0.1, 0.15) is 0 Å². The van der Waals surface area contributed by atoms with Gasteiger partial charge in [0, 0.05) is 28.3 Å². The molecule has 0 radical (unpaired) electrons. The number of amides is 2. The lowest BCUT2D eigenvalue weighted by atomic mass is 10.2. The monoisotopic (exact) mass is 346 g/mol. The van der Waals surface area contributed by atoms with Crippen LogP contribution < -0.4 is 16.6 Å². The lowest BCUT2D eigenvalue weighted by molar-refractivity contribution is -0.384. The first-order valence-corrected chi connectivity index (χ1v) is 7.77. The summed E-state index contributed by atoms with van der Waals surface area (Å²) in [5, 5.41) is 10.5. The van der Waals surface area contributed by atoms with E-state index in [0.29, 0.717) is 5.69 Å². The molecule has 0 aromatic heterocycles. The van der Waals surface area contributed by atoms with Gasteiger partial charge in [0.05, 0.1) is 10.7 Å². The van der Waals surface area contributed by atoms with E-state index in [2.05, 4.69) is 10.9 Å². The van der Waals surface area contributed by atoms with E-state index < -0.39 is 16.7 Å². The Morgan fingerprint density at radius 2 is 1.75 bits per heavy atom. The van der Waals surface area contributed by atoms with E-state index in [-0.39, 0.29) is 17.0 Å². The molecule has 0 aliphatic carbocycles. The normalized spacial score (nSPS) is 10.0. The largest absolute Gasteiger partial charge is 0.398 e. The minimum absolute atomic E-state index is 0.0781. The molecule has 2 amide bonds. The van der Waals surface area contributed by atoms with Crippen molar-refractivity contribution in [2.24, 2.45) is 0 Å². The van der Waals surface area contributed by atoms with Crippen LogP contribution in [0.4, 0.5) is 11.4 Å². The molecule has 0 saturated carbocycles. The van der Waals surface area contributed by atoms with Crippen molar-refractivity contribution in [3.8, 4) is 0 Å². The second-order valence-electron chi connectivity index (χ2n) is 4.63. The fourth-order valence-corrected chi connectivity index (χ4v) is 2.49. The maximum absolute atomic E-state index is 11.8. The van der Waals surface area contributed by atoms with Crippen LogP contribution in [0, 0.1) is 10.1 Å². The van der Waals surface area contributed by atoms with Gasteiger partial charge >= 0.3 is 0 Å². The molecule has 0 saturated heterocycles. The van der Waals surface area contributed by atoms with Crippen LogP contribution >= 0.6 is 11.8 Å². The zero-order chi connectivity index (χ0) is 17.5. The summed E-state index contributed by atoms with van der Waals surface area (Å²) in [7, 11) is 0. The summed E-state index contributed by atoms with van der Waals surface area (Å²) >= 11 is 1.24. The Bertz CT molecular complexity index is 764. The molecule has 2 aromatic carbocycles. The van der Waals surface area contributed by atoms with E-state index in [1.165, 1.54) is 36.0 Å². The number of hydrogen-bond donors (Lipinski definition) is 3. The lowest BCUT2D eigenvalue weighted by Crippen LogP contribution is -2.42. The number of benzene rings is 2. The highest BCUT2D eigenvalue weighted by Crippen LogP contribution is 2.23. The number of para-hydroxylation sites is 1. The molecule has 2 aromatic rings. The smallest absolute Gasteiger partial charge is 0.269 e. The number of hydrazine groups is 1. The van der Waals surface area contributed by atoms with Crippen LogP contribution in [-0.4, -0.2) is 22.5 Å². The molecule has 4 N–H and O–H groups in total. The Morgan fingerprint density at radius 3 is 2.38 bits per heavy atom. The number of rotatable bonds is 5. The van der Waals surface area contributed by atoms with Crippen molar-refractivity contribution in [3.63, 3.8) is 0 Å². The van der Waals surface area contributed by atoms with Gasteiger partial charge in [0.25, 0.3) is 11.6 Å². The van der Waals surface area contributed by atoms with Crippen LogP contribution in [-0.2, 0) is 4.79 Å². The van der Waals surface area contributed by atoms with E-state index in [1.807, 2.05) is 6.07 Å². The maximum atomic E-state index is 11.8. The molecule has 124 valence electrons. The van der Waals surface area contributed by atoms with Crippen LogP contribution in [0.25, 0.3) is 0 Å². The third-order valence-corrected chi connectivity index (χ3v) is 4.02.